The Balaban J connectivity index is 2.20. The smallest absolute Gasteiger partial charge is 0.190 e. The van der Waals surface area contributed by atoms with Crippen LogP contribution in [0.15, 0.2) is 42.6 Å². The minimum Gasteiger partial charge on any atom is -0.493 e. The van der Waals surface area contributed by atoms with Gasteiger partial charge in [0.2, 0.25) is 0 Å². The Labute approximate surface area is 105 Å². The van der Waals surface area contributed by atoms with Crippen LogP contribution in [0.2, 0.25) is 0 Å². The number of rotatable bonds is 5. The minimum absolute atomic E-state index is 0.241. The minimum atomic E-state index is 0.241. The van der Waals surface area contributed by atoms with Crippen LogP contribution in [0.4, 0.5) is 0 Å². The summed E-state index contributed by atoms with van der Waals surface area (Å²) >= 11 is 0. The second-order valence-electron chi connectivity index (χ2n) is 3.62. The van der Waals surface area contributed by atoms with Crippen LogP contribution in [0, 0.1) is 0 Å². The van der Waals surface area contributed by atoms with Crippen molar-refractivity contribution < 1.29 is 14.3 Å². The molecule has 2 aromatic rings. The number of benzene rings is 1. The summed E-state index contributed by atoms with van der Waals surface area (Å²) in [7, 11) is 1.53. The van der Waals surface area contributed by atoms with Crippen LogP contribution in [0.1, 0.15) is 16.1 Å². The highest BCUT2D eigenvalue weighted by Gasteiger charge is 2.11. The van der Waals surface area contributed by atoms with Crippen molar-refractivity contribution in [2.75, 3.05) is 7.11 Å². The van der Waals surface area contributed by atoms with E-state index in [2.05, 4.69) is 4.98 Å². The molecule has 0 atom stereocenters. The zero-order valence-corrected chi connectivity index (χ0v) is 10.00. The molecule has 2 rings (SSSR count). The first-order valence-corrected chi connectivity index (χ1v) is 5.50. The van der Waals surface area contributed by atoms with Gasteiger partial charge in [-0.3, -0.25) is 4.79 Å². The lowest BCUT2D eigenvalue weighted by atomic mass is 10.2. The molecule has 0 unspecified atom stereocenters. The summed E-state index contributed by atoms with van der Waals surface area (Å²) in [5.41, 5.74) is 1.26. The predicted molar refractivity (Wildman–Crippen MR) is 67.0 cm³/mol. The van der Waals surface area contributed by atoms with Crippen molar-refractivity contribution in [2.24, 2.45) is 0 Å². The molecule has 0 saturated heterocycles. The first-order chi connectivity index (χ1) is 8.85. The van der Waals surface area contributed by atoms with E-state index < -0.39 is 0 Å². The largest absolute Gasteiger partial charge is 0.493 e. The van der Waals surface area contributed by atoms with Gasteiger partial charge in [-0.1, -0.05) is 30.3 Å². The quantitative estimate of drug-likeness (QED) is 0.757. The van der Waals surface area contributed by atoms with E-state index in [9.17, 15) is 4.79 Å². The Kier molecular flexibility index (Phi) is 3.91. The highest BCUT2D eigenvalue weighted by atomic mass is 16.5. The van der Waals surface area contributed by atoms with Crippen LogP contribution < -0.4 is 9.47 Å². The molecule has 4 heteroatoms. The fourth-order valence-corrected chi connectivity index (χ4v) is 1.57. The Bertz CT molecular complexity index is 526. The lowest BCUT2D eigenvalue weighted by molar-refractivity contribution is 0.111. The van der Waals surface area contributed by atoms with Crippen molar-refractivity contribution in [1.82, 2.24) is 4.98 Å². The third kappa shape index (κ3) is 2.66. The molecule has 92 valence electrons. The Hall–Kier alpha value is -2.36. The SMILES string of the molecule is COc1ccnc(C=O)c1OCc1ccccc1. The second kappa shape index (κ2) is 5.82. The van der Waals surface area contributed by atoms with Crippen molar-refractivity contribution in [3.8, 4) is 11.5 Å². The summed E-state index contributed by atoms with van der Waals surface area (Å²) in [5.74, 6) is 0.877. The van der Waals surface area contributed by atoms with Gasteiger partial charge in [0, 0.05) is 12.3 Å². The summed E-state index contributed by atoms with van der Waals surface area (Å²) in [6.45, 7) is 0.365. The average Bonchev–Trinajstić information content (AvgIpc) is 2.45. The van der Waals surface area contributed by atoms with Crippen LogP contribution in [0.3, 0.4) is 0 Å². The van der Waals surface area contributed by atoms with Gasteiger partial charge >= 0.3 is 0 Å². The van der Waals surface area contributed by atoms with Crippen molar-refractivity contribution >= 4 is 6.29 Å². The predicted octanol–water partition coefficient (Wildman–Crippen LogP) is 2.48. The zero-order valence-electron chi connectivity index (χ0n) is 10.00. The van der Waals surface area contributed by atoms with E-state index in [1.807, 2.05) is 30.3 Å². The van der Waals surface area contributed by atoms with E-state index in [1.165, 1.54) is 13.3 Å². The molecule has 18 heavy (non-hydrogen) atoms. The van der Waals surface area contributed by atoms with Crippen molar-refractivity contribution in [1.29, 1.82) is 0 Å². The maximum Gasteiger partial charge on any atom is 0.190 e. The summed E-state index contributed by atoms with van der Waals surface area (Å²) in [5, 5.41) is 0. The third-order valence-corrected chi connectivity index (χ3v) is 2.45. The van der Waals surface area contributed by atoms with Crippen molar-refractivity contribution in [3.63, 3.8) is 0 Å². The number of aldehydes is 1. The molecule has 0 aliphatic rings. The second-order valence-corrected chi connectivity index (χ2v) is 3.62. The fraction of sp³-hybridized carbons (Fsp3) is 0.143. The van der Waals surface area contributed by atoms with Gasteiger partial charge < -0.3 is 9.47 Å². The molecule has 1 aromatic carbocycles. The number of hydrogen-bond acceptors (Lipinski definition) is 4. The molecule has 4 nitrogen and oxygen atoms in total. The summed E-state index contributed by atoms with van der Waals surface area (Å²) < 4.78 is 10.8. The van der Waals surface area contributed by atoms with Gasteiger partial charge in [-0.25, -0.2) is 4.98 Å². The molecular formula is C14H13NO3. The van der Waals surface area contributed by atoms with Crippen LogP contribution >= 0.6 is 0 Å². The summed E-state index contributed by atoms with van der Waals surface area (Å²) in [6, 6.07) is 11.4. The normalized spacial score (nSPS) is 9.83. The first-order valence-electron chi connectivity index (χ1n) is 5.50. The zero-order chi connectivity index (χ0) is 12.8. The van der Waals surface area contributed by atoms with Crippen LogP contribution in [-0.4, -0.2) is 18.4 Å². The van der Waals surface area contributed by atoms with E-state index >= 15 is 0 Å². The fourth-order valence-electron chi connectivity index (χ4n) is 1.57. The Morgan fingerprint density at radius 2 is 2.00 bits per heavy atom. The third-order valence-electron chi connectivity index (χ3n) is 2.45. The van der Waals surface area contributed by atoms with Gasteiger partial charge in [0.25, 0.3) is 0 Å². The summed E-state index contributed by atoms with van der Waals surface area (Å²) in [4.78, 5) is 14.9. The molecule has 0 aliphatic carbocycles. The molecule has 0 amide bonds. The average molecular weight is 243 g/mol. The number of carbonyl (C=O) groups is 1. The van der Waals surface area contributed by atoms with E-state index in [0.29, 0.717) is 24.4 Å². The lowest BCUT2D eigenvalue weighted by Crippen LogP contribution is -2.02. The van der Waals surface area contributed by atoms with Crippen LogP contribution in [0.25, 0.3) is 0 Å². The van der Waals surface area contributed by atoms with Gasteiger partial charge in [0.05, 0.1) is 7.11 Å². The maximum atomic E-state index is 10.9. The highest BCUT2D eigenvalue weighted by Crippen LogP contribution is 2.29. The number of aromatic nitrogens is 1. The molecule has 0 aliphatic heterocycles. The number of carbonyl (C=O) groups excluding carboxylic acids is 1. The molecule has 0 fully saturated rings. The molecule has 0 spiro atoms. The molecular weight excluding hydrogens is 230 g/mol. The Morgan fingerprint density at radius 3 is 2.67 bits per heavy atom. The molecule has 0 saturated carbocycles. The molecule has 0 N–H and O–H groups in total. The van der Waals surface area contributed by atoms with E-state index in [1.54, 1.807) is 6.07 Å². The van der Waals surface area contributed by atoms with Gasteiger partial charge in [-0.2, -0.15) is 0 Å². The highest BCUT2D eigenvalue weighted by molar-refractivity contribution is 5.78. The van der Waals surface area contributed by atoms with Gasteiger partial charge in [-0.05, 0) is 5.56 Å². The summed E-state index contributed by atoms with van der Waals surface area (Å²) in [6.07, 6.45) is 2.17. The first kappa shape index (κ1) is 12.1. The van der Waals surface area contributed by atoms with Gasteiger partial charge in [0.1, 0.15) is 12.3 Å². The van der Waals surface area contributed by atoms with Crippen molar-refractivity contribution in [2.45, 2.75) is 6.61 Å². The topological polar surface area (TPSA) is 48.4 Å². The maximum absolute atomic E-state index is 10.9. The number of pyridine rings is 1. The van der Waals surface area contributed by atoms with Crippen LogP contribution in [0.5, 0.6) is 11.5 Å². The lowest BCUT2D eigenvalue weighted by Gasteiger charge is -2.11. The number of nitrogens with zero attached hydrogens (tertiary/aromatic N) is 1. The van der Waals surface area contributed by atoms with Gasteiger partial charge in [0.15, 0.2) is 17.8 Å². The van der Waals surface area contributed by atoms with E-state index in [-0.39, 0.29) is 5.69 Å². The molecule has 0 radical (unpaired) electrons. The Morgan fingerprint density at radius 1 is 1.22 bits per heavy atom. The van der Waals surface area contributed by atoms with E-state index in [4.69, 9.17) is 9.47 Å². The molecule has 1 aromatic heterocycles. The van der Waals surface area contributed by atoms with E-state index in [0.717, 1.165) is 5.56 Å². The molecule has 1 heterocycles. The monoisotopic (exact) mass is 243 g/mol. The number of methoxy groups -OCH3 is 1. The molecule has 0 bridgehead atoms. The number of ether oxygens (including phenoxy) is 2. The van der Waals surface area contributed by atoms with Gasteiger partial charge in [-0.15, -0.1) is 0 Å². The standard InChI is InChI=1S/C14H13NO3/c1-17-13-7-8-15-12(9-16)14(13)18-10-11-5-3-2-4-6-11/h2-9H,10H2,1H3. The number of hydrogen-bond donors (Lipinski definition) is 0. The van der Waals surface area contributed by atoms with Crippen LogP contribution in [-0.2, 0) is 6.61 Å². The van der Waals surface area contributed by atoms with Crippen molar-refractivity contribution in [3.05, 3.63) is 53.9 Å².